The predicted octanol–water partition coefficient (Wildman–Crippen LogP) is 2.10. The average molecular weight is 243 g/mol. The van der Waals surface area contributed by atoms with Crippen molar-refractivity contribution < 1.29 is 9.90 Å². The third-order valence-corrected chi connectivity index (χ3v) is 2.20. The lowest BCUT2D eigenvalue weighted by atomic mass is 10.1. The fourth-order valence-corrected chi connectivity index (χ4v) is 1.31. The number of aliphatic hydroxyl groups excluding tert-OH is 1. The fraction of sp³-hybridized carbons (Fsp3) is 0.364. The van der Waals surface area contributed by atoms with Crippen molar-refractivity contribution in [2.75, 3.05) is 17.7 Å². The first-order valence-electron chi connectivity index (χ1n) is 5.02. The molecule has 1 unspecified atom stereocenters. The molecule has 0 saturated heterocycles. The van der Waals surface area contributed by atoms with Gasteiger partial charge in [0.2, 0.25) is 0 Å². The summed E-state index contributed by atoms with van der Waals surface area (Å²) >= 11 is 5.44. The highest BCUT2D eigenvalue weighted by Crippen LogP contribution is 2.16. The van der Waals surface area contributed by atoms with Crippen LogP contribution in [0.15, 0.2) is 24.3 Å². The summed E-state index contributed by atoms with van der Waals surface area (Å²) in [6.45, 7) is 2.09. The third-order valence-electron chi connectivity index (χ3n) is 2.01. The Labute approximate surface area is 99.6 Å². The van der Waals surface area contributed by atoms with Crippen molar-refractivity contribution in [3.63, 3.8) is 0 Å². The first-order valence-corrected chi connectivity index (χ1v) is 5.56. The Morgan fingerprint density at radius 1 is 1.56 bits per heavy atom. The second-order valence-corrected chi connectivity index (χ2v) is 3.75. The lowest BCUT2D eigenvalue weighted by Crippen LogP contribution is -2.30. The maximum absolute atomic E-state index is 11.3. The largest absolute Gasteiger partial charge is 0.389 e. The number of hydrogen-bond donors (Lipinski definition) is 3. The van der Waals surface area contributed by atoms with Gasteiger partial charge < -0.3 is 15.7 Å². The van der Waals surface area contributed by atoms with Gasteiger partial charge in [-0.15, -0.1) is 11.6 Å². The molecule has 0 aliphatic carbocycles. The van der Waals surface area contributed by atoms with E-state index in [0.29, 0.717) is 18.1 Å². The van der Waals surface area contributed by atoms with Gasteiger partial charge in [0.15, 0.2) is 0 Å². The van der Waals surface area contributed by atoms with E-state index in [4.69, 9.17) is 11.6 Å². The maximum Gasteiger partial charge on any atom is 0.319 e. The molecule has 0 saturated carbocycles. The first-order chi connectivity index (χ1) is 7.63. The van der Waals surface area contributed by atoms with Crippen LogP contribution in [0.25, 0.3) is 0 Å². The van der Waals surface area contributed by atoms with Crippen molar-refractivity contribution in [1.29, 1.82) is 0 Å². The van der Waals surface area contributed by atoms with Crippen molar-refractivity contribution in [2.24, 2.45) is 0 Å². The number of alkyl halides is 1. The van der Waals surface area contributed by atoms with E-state index in [1.54, 1.807) is 31.2 Å². The number of halogens is 1. The number of rotatable bonds is 4. The molecular formula is C11H15ClN2O2. The molecule has 1 aromatic rings. The number of amides is 2. The number of nitrogens with one attached hydrogen (secondary N) is 2. The number of hydrogen-bond acceptors (Lipinski definition) is 2. The summed E-state index contributed by atoms with van der Waals surface area (Å²) in [6, 6.07) is 6.76. The van der Waals surface area contributed by atoms with E-state index in [2.05, 4.69) is 10.6 Å². The van der Waals surface area contributed by atoms with E-state index < -0.39 is 6.10 Å². The molecule has 0 aliphatic rings. The van der Waals surface area contributed by atoms with E-state index in [-0.39, 0.29) is 6.03 Å². The van der Waals surface area contributed by atoms with Crippen molar-refractivity contribution in [2.45, 2.75) is 13.0 Å². The highest BCUT2D eigenvalue weighted by atomic mass is 35.5. The van der Waals surface area contributed by atoms with Crippen LogP contribution in [0.4, 0.5) is 10.5 Å². The number of aliphatic hydroxyl groups is 1. The minimum Gasteiger partial charge on any atom is -0.389 e. The number of benzene rings is 1. The molecule has 2 amide bonds. The Morgan fingerprint density at radius 3 is 2.94 bits per heavy atom. The summed E-state index contributed by atoms with van der Waals surface area (Å²) < 4.78 is 0. The molecule has 16 heavy (non-hydrogen) atoms. The maximum atomic E-state index is 11.3. The topological polar surface area (TPSA) is 61.4 Å². The molecule has 88 valence electrons. The van der Waals surface area contributed by atoms with Crippen LogP contribution in [0.3, 0.4) is 0 Å². The fourth-order valence-electron chi connectivity index (χ4n) is 1.21. The highest BCUT2D eigenvalue weighted by molar-refractivity contribution is 6.18. The lowest BCUT2D eigenvalue weighted by molar-refractivity contribution is 0.199. The van der Waals surface area contributed by atoms with Crippen LogP contribution in [-0.4, -0.2) is 23.6 Å². The van der Waals surface area contributed by atoms with Gasteiger partial charge in [0, 0.05) is 18.1 Å². The van der Waals surface area contributed by atoms with E-state index >= 15 is 0 Å². The smallest absolute Gasteiger partial charge is 0.319 e. The zero-order valence-electron chi connectivity index (χ0n) is 9.03. The standard InChI is InChI=1S/C11H15ClN2O2/c1-8(15)9-3-2-4-10(7-9)14-11(16)13-6-5-12/h2-4,7-8,15H,5-6H2,1H3,(H2,13,14,16). The molecule has 3 N–H and O–H groups in total. The molecule has 1 atom stereocenters. The van der Waals surface area contributed by atoms with Crippen molar-refractivity contribution in [1.82, 2.24) is 5.32 Å². The predicted molar refractivity (Wildman–Crippen MR) is 64.8 cm³/mol. The minimum absolute atomic E-state index is 0.302. The molecule has 0 radical (unpaired) electrons. The number of carbonyl (C=O) groups is 1. The Hall–Kier alpha value is -1.26. The SMILES string of the molecule is CC(O)c1cccc(NC(=O)NCCCl)c1. The van der Waals surface area contributed by atoms with Gasteiger partial charge in [-0.05, 0) is 24.6 Å². The van der Waals surface area contributed by atoms with E-state index in [0.717, 1.165) is 5.56 Å². The van der Waals surface area contributed by atoms with E-state index in [1.807, 2.05) is 0 Å². The zero-order valence-corrected chi connectivity index (χ0v) is 9.79. The number of anilines is 1. The summed E-state index contributed by atoms with van der Waals surface area (Å²) in [6.07, 6.45) is -0.548. The number of urea groups is 1. The van der Waals surface area contributed by atoms with Crippen LogP contribution in [0.1, 0.15) is 18.6 Å². The van der Waals surface area contributed by atoms with Gasteiger partial charge in [-0.2, -0.15) is 0 Å². The molecule has 1 aromatic carbocycles. The Kier molecular flexibility index (Phi) is 5.08. The molecule has 4 nitrogen and oxygen atoms in total. The average Bonchev–Trinajstić information content (AvgIpc) is 2.26. The van der Waals surface area contributed by atoms with Gasteiger partial charge in [-0.3, -0.25) is 0 Å². The van der Waals surface area contributed by atoms with Crippen molar-refractivity contribution in [3.8, 4) is 0 Å². The molecule has 0 aromatic heterocycles. The van der Waals surface area contributed by atoms with Gasteiger partial charge in [0.1, 0.15) is 0 Å². The third kappa shape index (κ3) is 4.08. The monoisotopic (exact) mass is 242 g/mol. The molecule has 0 aliphatic heterocycles. The van der Waals surface area contributed by atoms with Crippen LogP contribution in [0.2, 0.25) is 0 Å². The van der Waals surface area contributed by atoms with Crippen molar-refractivity contribution >= 4 is 23.3 Å². The van der Waals surface area contributed by atoms with Crippen LogP contribution >= 0.6 is 11.6 Å². The van der Waals surface area contributed by atoms with Gasteiger partial charge in [0.05, 0.1) is 6.10 Å². The zero-order chi connectivity index (χ0) is 12.0. The van der Waals surface area contributed by atoms with Gasteiger partial charge >= 0.3 is 6.03 Å². The second-order valence-electron chi connectivity index (χ2n) is 3.37. The molecule has 0 heterocycles. The summed E-state index contributed by atoms with van der Waals surface area (Å²) in [7, 11) is 0. The van der Waals surface area contributed by atoms with Crippen LogP contribution in [0.5, 0.6) is 0 Å². The molecule has 1 rings (SSSR count). The van der Waals surface area contributed by atoms with Gasteiger partial charge in [-0.25, -0.2) is 4.79 Å². The molecular weight excluding hydrogens is 228 g/mol. The lowest BCUT2D eigenvalue weighted by Gasteiger charge is -2.09. The van der Waals surface area contributed by atoms with E-state index in [1.165, 1.54) is 0 Å². The minimum atomic E-state index is -0.548. The summed E-state index contributed by atoms with van der Waals surface area (Å²) in [5.74, 6) is 0.376. The summed E-state index contributed by atoms with van der Waals surface area (Å²) in [4.78, 5) is 11.3. The normalized spacial score (nSPS) is 11.9. The van der Waals surface area contributed by atoms with E-state index in [9.17, 15) is 9.90 Å². The summed E-state index contributed by atoms with van der Waals surface area (Å²) in [5.41, 5.74) is 1.40. The molecule has 0 spiro atoms. The Morgan fingerprint density at radius 2 is 2.31 bits per heavy atom. The Bertz CT molecular complexity index is 356. The Balaban J connectivity index is 2.59. The molecule has 0 fully saturated rings. The second kappa shape index (κ2) is 6.35. The van der Waals surface area contributed by atoms with Gasteiger partial charge in [-0.1, -0.05) is 12.1 Å². The van der Waals surface area contributed by atoms with Crippen LogP contribution < -0.4 is 10.6 Å². The van der Waals surface area contributed by atoms with Crippen molar-refractivity contribution in [3.05, 3.63) is 29.8 Å². The highest BCUT2D eigenvalue weighted by Gasteiger charge is 2.04. The van der Waals surface area contributed by atoms with Crippen LogP contribution in [-0.2, 0) is 0 Å². The van der Waals surface area contributed by atoms with Gasteiger partial charge in [0.25, 0.3) is 0 Å². The number of carbonyl (C=O) groups excluding carboxylic acids is 1. The van der Waals surface area contributed by atoms with Crippen LogP contribution in [0, 0.1) is 0 Å². The molecule has 5 heteroatoms. The first kappa shape index (κ1) is 12.8. The summed E-state index contributed by atoms with van der Waals surface area (Å²) in [5, 5.41) is 14.6. The quantitative estimate of drug-likeness (QED) is 0.708. The molecule has 0 bridgehead atoms.